The first-order valence-electron chi connectivity index (χ1n) is 8.69. The Balaban J connectivity index is 2.00. The van der Waals surface area contributed by atoms with Crippen molar-refractivity contribution in [3.63, 3.8) is 0 Å². The number of carbonyl (C=O) groups excluding carboxylic acids is 1. The van der Waals surface area contributed by atoms with Crippen molar-refractivity contribution in [2.75, 3.05) is 0 Å². The topological polar surface area (TPSA) is 79.3 Å². The van der Waals surface area contributed by atoms with E-state index in [2.05, 4.69) is 10.3 Å². The lowest BCUT2D eigenvalue weighted by Gasteiger charge is -2.20. The van der Waals surface area contributed by atoms with Crippen molar-refractivity contribution in [2.24, 2.45) is 0 Å². The molecule has 5 nitrogen and oxygen atoms in total. The van der Waals surface area contributed by atoms with Crippen molar-refractivity contribution in [2.45, 2.75) is 12.2 Å². The Morgan fingerprint density at radius 2 is 1.58 bits per heavy atom. The molecule has 0 unspecified atom stereocenters. The minimum absolute atomic E-state index is 0.00118. The molecule has 2 aromatic carbocycles. The molecule has 0 aliphatic rings. The number of aromatic nitrogens is 1. The van der Waals surface area contributed by atoms with E-state index in [0.717, 1.165) is 12.1 Å². The molecule has 1 atom stereocenters. The summed E-state index contributed by atoms with van der Waals surface area (Å²) >= 11 is 0. The Bertz CT molecular complexity index is 1130. The van der Waals surface area contributed by atoms with Gasteiger partial charge in [-0.05, 0) is 54.1 Å². The Hall–Kier alpha value is -3.82. The molecule has 31 heavy (non-hydrogen) atoms. The minimum Gasteiger partial charge on any atom is -0.478 e. The predicted octanol–water partition coefficient (Wildman–Crippen LogP) is 4.60. The number of carboxylic acid groups (broad SMARTS) is 1. The number of rotatable bonds is 5. The average molecular weight is 436 g/mol. The van der Waals surface area contributed by atoms with Crippen LogP contribution < -0.4 is 5.32 Å². The zero-order valence-corrected chi connectivity index (χ0v) is 15.5. The van der Waals surface area contributed by atoms with Gasteiger partial charge in [0.2, 0.25) is 0 Å². The van der Waals surface area contributed by atoms with Crippen LogP contribution in [0.1, 0.15) is 43.6 Å². The fourth-order valence-electron chi connectivity index (χ4n) is 2.84. The van der Waals surface area contributed by atoms with Crippen molar-refractivity contribution in [1.29, 1.82) is 0 Å². The van der Waals surface area contributed by atoms with E-state index in [4.69, 9.17) is 5.11 Å². The maximum absolute atomic E-state index is 14.3. The number of hydrogen-bond donors (Lipinski definition) is 2. The second kappa shape index (κ2) is 8.50. The van der Waals surface area contributed by atoms with Crippen molar-refractivity contribution in [1.82, 2.24) is 10.3 Å². The van der Waals surface area contributed by atoms with E-state index < -0.39 is 41.3 Å². The quantitative estimate of drug-likeness (QED) is 0.574. The lowest BCUT2D eigenvalue weighted by molar-refractivity contribution is -0.140. The SMILES string of the molecule is O=C(O)c1ccc(C(=O)N[C@@H](c2ccc(C(F)(F)F)c(F)c2)c2ncccc2F)cc1. The first-order valence-corrected chi connectivity index (χ1v) is 8.69. The van der Waals surface area contributed by atoms with Gasteiger partial charge in [0.15, 0.2) is 0 Å². The van der Waals surface area contributed by atoms with Crippen LogP contribution in [0.15, 0.2) is 60.8 Å². The number of alkyl halides is 3. The summed E-state index contributed by atoms with van der Waals surface area (Å²) < 4.78 is 67.0. The highest BCUT2D eigenvalue weighted by Crippen LogP contribution is 2.33. The molecule has 160 valence electrons. The van der Waals surface area contributed by atoms with Crippen LogP contribution >= 0.6 is 0 Å². The summed E-state index contributed by atoms with van der Waals surface area (Å²) in [6.07, 6.45) is -3.72. The number of carbonyl (C=O) groups is 2. The van der Waals surface area contributed by atoms with E-state index in [1.54, 1.807) is 0 Å². The molecule has 0 aliphatic heterocycles. The number of pyridine rings is 1. The normalized spacial score (nSPS) is 12.3. The van der Waals surface area contributed by atoms with Crippen LogP contribution in [0.2, 0.25) is 0 Å². The maximum atomic E-state index is 14.3. The Morgan fingerprint density at radius 3 is 2.13 bits per heavy atom. The molecule has 0 saturated heterocycles. The van der Waals surface area contributed by atoms with Gasteiger partial charge >= 0.3 is 12.1 Å². The molecule has 1 amide bonds. The number of nitrogens with zero attached hydrogens (tertiary/aromatic N) is 1. The van der Waals surface area contributed by atoms with Crippen LogP contribution in [0.4, 0.5) is 22.0 Å². The number of benzene rings is 2. The second-order valence-electron chi connectivity index (χ2n) is 6.40. The smallest absolute Gasteiger partial charge is 0.419 e. The molecular weight excluding hydrogens is 423 g/mol. The molecule has 1 heterocycles. The summed E-state index contributed by atoms with van der Waals surface area (Å²) in [6, 6.07) is 7.61. The van der Waals surface area contributed by atoms with E-state index in [-0.39, 0.29) is 22.4 Å². The number of carboxylic acids is 1. The predicted molar refractivity (Wildman–Crippen MR) is 98.3 cm³/mol. The molecule has 3 rings (SSSR count). The van der Waals surface area contributed by atoms with Crippen LogP contribution in [0.3, 0.4) is 0 Å². The van der Waals surface area contributed by atoms with E-state index in [1.807, 2.05) is 0 Å². The van der Waals surface area contributed by atoms with Gasteiger partial charge in [-0.3, -0.25) is 9.78 Å². The highest BCUT2D eigenvalue weighted by Gasteiger charge is 2.34. The Labute approximate surface area is 172 Å². The number of halogens is 5. The van der Waals surface area contributed by atoms with Crippen molar-refractivity contribution in [3.8, 4) is 0 Å². The van der Waals surface area contributed by atoms with Crippen LogP contribution in [-0.2, 0) is 6.18 Å². The Kier molecular flexibility index (Phi) is 6.00. The fourth-order valence-corrected chi connectivity index (χ4v) is 2.84. The lowest BCUT2D eigenvalue weighted by Crippen LogP contribution is -2.31. The van der Waals surface area contributed by atoms with Crippen LogP contribution in [0.25, 0.3) is 0 Å². The van der Waals surface area contributed by atoms with Gasteiger partial charge in [0, 0.05) is 11.8 Å². The monoisotopic (exact) mass is 436 g/mol. The minimum atomic E-state index is -4.93. The summed E-state index contributed by atoms with van der Waals surface area (Å²) in [5.41, 5.74) is -2.09. The van der Waals surface area contributed by atoms with Gasteiger partial charge < -0.3 is 10.4 Å². The van der Waals surface area contributed by atoms with Crippen LogP contribution in [-0.4, -0.2) is 22.0 Å². The van der Waals surface area contributed by atoms with E-state index in [1.165, 1.54) is 36.5 Å². The molecule has 3 aromatic rings. The van der Waals surface area contributed by atoms with Gasteiger partial charge in [0.25, 0.3) is 5.91 Å². The number of amides is 1. The van der Waals surface area contributed by atoms with Crippen molar-refractivity contribution >= 4 is 11.9 Å². The molecule has 0 bridgehead atoms. The molecule has 1 aromatic heterocycles. The second-order valence-corrected chi connectivity index (χ2v) is 6.40. The summed E-state index contributed by atoms with van der Waals surface area (Å²) in [6.45, 7) is 0. The fraction of sp³-hybridized carbons (Fsp3) is 0.0952. The molecule has 0 saturated carbocycles. The summed E-state index contributed by atoms with van der Waals surface area (Å²) in [5, 5.41) is 11.3. The summed E-state index contributed by atoms with van der Waals surface area (Å²) in [7, 11) is 0. The van der Waals surface area contributed by atoms with E-state index in [0.29, 0.717) is 12.1 Å². The summed E-state index contributed by atoms with van der Waals surface area (Å²) in [5.74, 6) is -4.46. The van der Waals surface area contributed by atoms with Gasteiger partial charge in [-0.25, -0.2) is 13.6 Å². The van der Waals surface area contributed by atoms with E-state index >= 15 is 0 Å². The van der Waals surface area contributed by atoms with Crippen molar-refractivity contribution in [3.05, 3.63) is 100 Å². The zero-order chi connectivity index (χ0) is 22.8. The lowest BCUT2D eigenvalue weighted by atomic mass is 9.99. The van der Waals surface area contributed by atoms with Gasteiger partial charge in [0.05, 0.1) is 17.2 Å². The van der Waals surface area contributed by atoms with Gasteiger partial charge in [-0.15, -0.1) is 0 Å². The number of nitrogens with one attached hydrogen (secondary N) is 1. The third-order valence-corrected chi connectivity index (χ3v) is 4.36. The first kappa shape index (κ1) is 21.9. The third kappa shape index (κ3) is 4.85. The standard InChI is InChI=1S/C21H13F5N2O3/c22-15-2-1-9-27-18(15)17(13-7-8-14(16(23)10-13)21(24,25)26)28-19(29)11-3-5-12(6-4-11)20(30)31/h1-10,17H,(H,28,29)(H,30,31)/t17-/m0/s1. The number of hydrogen-bond acceptors (Lipinski definition) is 3. The van der Waals surface area contributed by atoms with Crippen LogP contribution in [0.5, 0.6) is 0 Å². The molecule has 0 spiro atoms. The molecular formula is C21H13F5N2O3. The van der Waals surface area contributed by atoms with E-state index in [9.17, 15) is 31.5 Å². The highest BCUT2D eigenvalue weighted by molar-refractivity contribution is 5.96. The van der Waals surface area contributed by atoms with Crippen LogP contribution in [0, 0.1) is 11.6 Å². The largest absolute Gasteiger partial charge is 0.478 e. The first-order chi connectivity index (χ1) is 14.6. The summed E-state index contributed by atoms with van der Waals surface area (Å²) in [4.78, 5) is 27.4. The van der Waals surface area contributed by atoms with Crippen molar-refractivity contribution < 1.29 is 36.6 Å². The molecule has 2 N–H and O–H groups in total. The molecule has 0 aliphatic carbocycles. The van der Waals surface area contributed by atoms with Gasteiger partial charge in [-0.1, -0.05) is 6.07 Å². The third-order valence-electron chi connectivity index (χ3n) is 4.36. The zero-order valence-electron chi connectivity index (χ0n) is 15.5. The Morgan fingerprint density at radius 1 is 0.935 bits per heavy atom. The van der Waals surface area contributed by atoms with Gasteiger partial charge in [0.1, 0.15) is 17.3 Å². The molecule has 10 heteroatoms. The average Bonchev–Trinajstić information content (AvgIpc) is 2.71. The maximum Gasteiger partial charge on any atom is 0.419 e. The highest BCUT2D eigenvalue weighted by atomic mass is 19.4. The molecule has 0 fully saturated rings. The number of aromatic carboxylic acids is 1. The van der Waals surface area contributed by atoms with Gasteiger partial charge in [-0.2, -0.15) is 13.2 Å². The molecule has 0 radical (unpaired) electrons.